The Hall–Kier alpha value is -1.85. The minimum absolute atomic E-state index is 0.0837. The van der Waals surface area contributed by atoms with Gasteiger partial charge >= 0.3 is 5.97 Å². The highest BCUT2D eigenvalue weighted by Gasteiger charge is 2.37. The first-order valence-electron chi connectivity index (χ1n) is 7.28. The molecular formula is C17H16ClNO3S. The van der Waals surface area contributed by atoms with Crippen molar-refractivity contribution in [2.24, 2.45) is 0 Å². The van der Waals surface area contributed by atoms with E-state index < -0.39 is 12.0 Å². The van der Waals surface area contributed by atoms with Crippen LogP contribution in [0.1, 0.15) is 22.0 Å². The third-order valence-corrected chi connectivity index (χ3v) is 5.23. The maximum absolute atomic E-state index is 12.7. The number of fused-ring (bicyclic) bond motifs is 1. The van der Waals surface area contributed by atoms with Crippen LogP contribution < -0.4 is 0 Å². The van der Waals surface area contributed by atoms with Crippen LogP contribution in [0.25, 0.3) is 0 Å². The first-order valence-corrected chi connectivity index (χ1v) is 8.54. The molecule has 6 heteroatoms. The highest BCUT2D eigenvalue weighted by molar-refractivity contribution is 7.10. The lowest BCUT2D eigenvalue weighted by Crippen LogP contribution is -2.44. The quantitative estimate of drug-likeness (QED) is 0.799. The topological polar surface area (TPSA) is 46.6 Å². The molecule has 0 aliphatic carbocycles. The van der Waals surface area contributed by atoms with Crippen molar-refractivity contribution < 1.29 is 14.3 Å². The first-order chi connectivity index (χ1) is 11.1. The molecule has 0 fully saturated rings. The van der Waals surface area contributed by atoms with Crippen LogP contribution in [0.2, 0.25) is 5.02 Å². The van der Waals surface area contributed by atoms with Gasteiger partial charge in [0.15, 0.2) is 6.04 Å². The molecule has 0 spiro atoms. The van der Waals surface area contributed by atoms with Crippen molar-refractivity contribution in [1.29, 1.82) is 0 Å². The lowest BCUT2D eigenvalue weighted by molar-refractivity contribution is -0.153. The lowest BCUT2D eigenvalue weighted by Gasteiger charge is -2.34. The van der Waals surface area contributed by atoms with Crippen LogP contribution in [0.3, 0.4) is 0 Å². The number of amides is 1. The molecule has 0 saturated heterocycles. The van der Waals surface area contributed by atoms with E-state index in [2.05, 4.69) is 0 Å². The molecule has 0 N–H and O–H groups in total. The van der Waals surface area contributed by atoms with E-state index in [9.17, 15) is 9.59 Å². The molecule has 120 valence electrons. The number of halogens is 1. The van der Waals surface area contributed by atoms with Gasteiger partial charge < -0.3 is 9.64 Å². The van der Waals surface area contributed by atoms with Crippen molar-refractivity contribution in [2.75, 3.05) is 13.7 Å². The first kappa shape index (κ1) is 16.0. The summed E-state index contributed by atoms with van der Waals surface area (Å²) in [5, 5.41) is 2.59. The summed E-state index contributed by atoms with van der Waals surface area (Å²) in [5.41, 5.74) is 1.76. The average Bonchev–Trinajstić information content (AvgIpc) is 3.03. The third-order valence-electron chi connectivity index (χ3n) is 3.98. The Labute approximate surface area is 143 Å². The Kier molecular flexibility index (Phi) is 4.68. The average molecular weight is 350 g/mol. The van der Waals surface area contributed by atoms with E-state index in [1.54, 1.807) is 28.4 Å². The maximum Gasteiger partial charge on any atom is 0.333 e. The van der Waals surface area contributed by atoms with Gasteiger partial charge in [0, 0.05) is 16.4 Å². The summed E-state index contributed by atoms with van der Waals surface area (Å²) in [4.78, 5) is 27.7. The van der Waals surface area contributed by atoms with Crippen LogP contribution >= 0.6 is 22.9 Å². The second kappa shape index (κ2) is 6.72. The molecule has 2 heterocycles. The van der Waals surface area contributed by atoms with Crippen LogP contribution in [0.4, 0.5) is 0 Å². The summed E-state index contributed by atoms with van der Waals surface area (Å²) in [6, 6.07) is 8.43. The van der Waals surface area contributed by atoms with Gasteiger partial charge in [0.2, 0.25) is 5.91 Å². The van der Waals surface area contributed by atoms with E-state index in [1.807, 2.05) is 23.6 Å². The molecule has 23 heavy (non-hydrogen) atoms. The highest BCUT2D eigenvalue weighted by Crippen LogP contribution is 2.34. The molecule has 0 radical (unpaired) electrons. The SMILES string of the molecule is COC(=O)C1c2ccsc2CCN1C(=O)Cc1ccc(Cl)cc1. The van der Waals surface area contributed by atoms with Crippen LogP contribution in [-0.2, 0) is 27.2 Å². The molecule has 1 aliphatic rings. The molecule has 0 bridgehead atoms. The van der Waals surface area contributed by atoms with Gasteiger partial charge in [0.1, 0.15) is 0 Å². The smallest absolute Gasteiger partial charge is 0.333 e. The van der Waals surface area contributed by atoms with E-state index in [0.29, 0.717) is 11.6 Å². The van der Waals surface area contributed by atoms with Gasteiger partial charge in [-0.1, -0.05) is 23.7 Å². The van der Waals surface area contributed by atoms with Gasteiger partial charge in [-0.3, -0.25) is 4.79 Å². The second-order valence-corrected chi connectivity index (χ2v) is 6.80. The monoisotopic (exact) mass is 349 g/mol. The molecule has 0 saturated carbocycles. The largest absolute Gasteiger partial charge is 0.467 e. The Morgan fingerprint density at radius 1 is 1.30 bits per heavy atom. The van der Waals surface area contributed by atoms with Crippen LogP contribution in [-0.4, -0.2) is 30.4 Å². The molecule has 1 unspecified atom stereocenters. The number of nitrogens with zero attached hydrogens (tertiary/aromatic N) is 1. The summed E-state index contributed by atoms with van der Waals surface area (Å²) < 4.78 is 4.92. The fourth-order valence-electron chi connectivity index (χ4n) is 2.83. The molecule has 1 aliphatic heterocycles. The number of benzene rings is 1. The summed E-state index contributed by atoms with van der Waals surface area (Å²) in [6.45, 7) is 0.527. The van der Waals surface area contributed by atoms with Crippen molar-refractivity contribution in [1.82, 2.24) is 4.90 Å². The van der Waals surface area contributed by atoms with Gasteiger partial charge in [-0.25, -0.2) is 4.79 Å². The molecule has 1 aromatic heterocycles. The van der Waals surface area contributed by atoms with Gasteiger partial charge in [-0.05, 0) is 41.1 Å². The molecule has 2 aromatic rings. The lowest BCUT2D eigenvalue weighted by atomic mass is 9.99. The van der Waals surface area contributed by atoms with E-state index in [0.717, 1.165) is 22.4 Å². The summed E-state index contributed by atoms with van der Waals surface area (Å²) in [5.74, 6) is -0.478. The summed E-state index contributed by atoms with van der Waals surface area (Å²) >= 11 is 7.48. The van der Waals surface area contributed by atoms with Crippen molar-refractivity contribution in [2.45, 2.75) is 18.9 Å². The number of hydrogen-bond acceptors (Lipinski definition) is 4. The predicted molar refractivity (Wildman–Crippen MR) is 89.6 cm³/mol. The number of thiophene rings is 1. The van der Waals surface area contributed by atoms with Gasteiger partial charge in [0.25, 0.3) is 0 Å². The number of esters is 1. The van der Waals surface area contributed by atoms with Crippen molar-refractivity contribution in [3.05, 3.63) is 56.7 Å². The Morgan fingerprint density at radius 2 is 2.04 bits per heavy atom. The predicted octanol–water partition coefficient (Wildman–Crippen LogP) is 3.24. The highest BCUT2D eigenvalue weighted by atomic mass is 35.5. The maximum atomic E-state index is 12.7. The number of rotatable bonds is 3. The molecule has 1 amide bonds. The Morgan fingerprint density at radius 3 is 2.74 bits per heavy atom. The Bertz CT molecular complexity index is 726. The Balaban J connectivity index is 1.84. The number of carbonyl (C=O) groups excluding carboxylic acids is 2. The van der Waals surface area contributed by atoms with E-state index >= 15 is 0 Å². The molecule has 3 rings (SSSR count). The fourth-order valence-corrected chi connectivity index (χ4v) is 3.86. The number of ether oxygens (including phenoxy) is 1. The summed E-state index contributed by atoms with van der Waals surface area (Å²) in [6.07, 6.45) is 1.01. The zero-order valence-electron chi connectivity index (χ0n) is 12.6. The van der Waals surface area contributed by atoms with Crippen LogP contribution in [0, 0.1) is 0 Å². The zero-order valence-corrected chi connectivity index (χ0v) is 14.2. The number of carbonyl (C=O) groups is 2. The summed E-state index contributed by atoms with van der Waals surface area (Å²) in [7, 11) is 1.35. The third kappa shape index (κ3) is 3.26. The normalized spacial score (nSPS) is 16.8. The standard InChI is InChI=1S/C17H16ClNO3S/c1-22-17(21)16-13-7-9-23-14(13)6-8-19(16)15(20)10-11-2-4-12(18)5-3-11/h2-5,7,9,16H,6,8,10H2,1H3. The van der Waals surface area contributed by atoms with E-state index in [1.165, 1.54) is 7.11 Å². The van der Waals surface area contributed by atoms with E-state index in [4.69, 9.17) is 16.3 Å². The van der Waals surface area contributed by atoms with Crippen molar-refractivity contribution in [3.8, 4) is 0 Å². The molecule has 4 nitrogen and oxygen atoms in total. The van der Waals surface area contributed by atoms with Crippen molar-refractivity contribution in [3.63, 3.8) is 0 Å². The molecule has 1 aromatic carbocycles. The van der Waals surface area contributed by atoms with Gasteiger partial charge in [0.05, 0.1) is 13.5 Å². The fraction of sp³-hybridized carbons (Fsp3) is 0.294. The number of hydrogen-bond donors (Lipinski definition) is 0. The molecular weight excluding hydrogens is 334 g/mol. The van der Waals surface area contributed by atoms with Crippen LogP contribution in [0.15, 0.2) is 35.7 Å². The van der Waals surface area contributed by atoms with E-state index in [-0.39, 0.29) is 12.3 Å². The van der Waals surface area contributed by atoms with Gasteiger partial charge in [-0.15, -0.1) is 11.3 Å². The molecule has 1 atom stereocenters. The second-order valence-electron chi connectivity index (χ2n) is 5.37. The van der Waals surface area contributed by atoms with Crippen molar-refractivity contribution >= 4 is 34.8 Å². The number of methoxy groups -OCH3 is 1. The van der Waals surface area contributed by atoms with Crippen LogP contribution in [0.5, 0.6) is 0 Å². The zero-order chi connectivity index (χ0) is 16.4. The minimum atomic E-state index is -0.644. The minimum Gasteiger partial charge on any atom is -0.467 e. The van der Waals surface area contributed by atoms with Gasteiger partial charge in [-0.2, -0.15) is 0 Å².